The highest BCUT2D eigenvalue weighted by Gasteiger charge is 2.16. The summed E-state index contributed by atoms with van der Waals surface area (Å²) in [6.45, 7) is 3.20. The lowest BCUT2D eigenvalue weighted by molar-refractivity contribution is 0.612. The molecule has 0 atom stereocenters. The first-order chi connectivity index (χ1) is 8.42. The maximum Gasteiger partial charge on any atom is 0.0878 e. The van der Waals surface area contributed by atoms with Crippen molar-refractivity contribution in [3.05, 3.63) is 18.5 Å². The van der Waals surface area contributed by atoms with Crippen LogP contribution < -0.4 is 15.5 Å². The predicted molar refractivity (Wildman–Crippen MR) is 72.5 cm³/mol. The summed E-state index contributed by atoms with van der Waals surface area (Å²) in [5.74, 6) is 0. The Morgan fingerprint density at radius 2 is 2.24 bits per heavy atom. The number of rotatable bonds is 7. The Morgan fingerprint density at radius 1 is 1.35 bits per heavy atom. The van der Waals surface area contributed by atoms with Crippen LogP contribution in [0.2, 0.25) is 0 Å². The molecule has 0 unspecified atom stereocenters. The van der Waals surface area contributed by atoms with Crippen LogP contribution in [0.4, 0.5) is 11.4 Å². The van der Waals surface area contributed by atoms with Crippen LogP contribution in [0.15, 0.2) is 18.5 Å². The minimum absolute atomic E-state index is 0.928. The first-order valence-corrected chi connectivity index (χ1v) is 6.49. The molecule has 0 saturated heterocycles. The first kappa shape index (κ1) is 12.2. The smallest absolute Gasteiger partial charge is 0.0878 e. The molecule has 1 aliphatic heterocycles. The molecule has 94 valence electrons. The van der Waals surface area contributed by atoms with E-state index in [4.69, 9.17) is 0 Å². The van der Waals surface area contributed by atoms with Gasteiger partial charge in [-0.3, -0.25) is 4.98 Å². The standard InChI is InChI=1S/C13H22N4/c1-14-7-4-2-3-5-9-17-11-16-12-6-8-15-10-13(12)17/h6,8,10,14,16H,2-5,7,9,11H2,1H3. The molecule has 4 nitrogen and oxygen atoms in total. The minimum Gasteiger partial charge on any atom is -0.366 e. The molecule has 0 saturated carbocycles. The van der Waals surface area contributed by atoms with E-state index in [1.165, 1.54) is 37.1 Å². The van der Waals surface area contributed by atoms with E-state index >= 15 is 0 Å². The second-order valence-corrected chi connectivity index (χ2v) is 4.51. The molecule has 17 heavy (non-hydrogen) atoms. The zero-order chi connectivity index (χ0) is 11.9. The fraction of sp³-hybridized carbons (Fsp3) is 0.615. The molecule has 0 bridgehead atoms. The largest absolute Gasteiger partial charge is 0.366 e. The van der Waals surface area contributed by atoms with Gasteiger partial charge in [0.15, 0.2) is 0 Å². The van der Waals surface area contributed by atoms with E-state index in [9.17, 15) is 0 Å². The highest BCUT2D eigenvalue weighted by molar-refractivity contribution is 5.73. The molecule has 2 heterocycles. The summed E-state index contributed by atoms with van der Waals surface area (Å²) in [4.78, 5) is 6.56. The van der Waals surface area contributed by atoms with Crippen LogP contribution in [-0.2, 0) is 0 Å². The maximum absolute atomic E-state index is 4.19. The van der Waals surface area contributed by atoms with Gasteiger partial charge in [-0.2, -0.15) is 0 Å². The van der Waals surface area contributed by atoms with Gasteiger partial charge in [0, 0.05) is 12.7 Å². The summed E-state index contributed by atoms with van der Waals surface area (Å²) in [5.41, 5.74) is 2.47. The van der Waals surface area contributed by atoms with E-state index < -0.39 is 0 Å². The third kappa shape index (κ3) is 3.33. The molecule has 0 spiro atoms. The second kappa shape index (κ2) is 6.45. The monoisotopic (exact) mass is 234 g/mol. The molecule has 0 amide bonds. The van der Waals surface area contributed by atoms with E-state index in [-0.39, 0.29) is 0 Å². The fourth-order valence-electron chi connectivity index (χ4n) is 2.21. The summed E-state index contributed by atoms with van der Waals surface area (Å²) in [7, 11) is 2.01. The van der Waals surface area contributed by atoms with Crippen molar-refractivity contribution in [2.24, 2.45) is 0 Å². The zero-order valence-corrected chi connectivity index (χ0v) is 10.6. The van der Waals surface area contributed by atoms with Crippen LogP contribution in [0.25, 0.3) is 0 Å². The van der Waals surface area contributed by atoms with Gasteiger partial charge in [-0.1, -0.05) is 12.8 Å². The number of hydrogen-bond donors (Lipinski definition) is 2. The van der Waals surface area contributed by atoms with Gasteiger partial charge in [0.25, 0.3) is 0 Å². The van der Waals surface area contributed by atoms with Gasteiger partial charge < -0.3 is 15.5 Å². The van der Waals surface area contributed by atoms with Crippen molar-refractivity contribution in [3.8, 4) is 0 Å². The van der Waals surface area contributed by atoms with Crippen molar-refractivity contribution in [2.75, 3.05) is 37.0 Å². The average molecular weight is 234 g/mol. The topological polar surface area (TPSA) is 40.2 Å². The Balaban J connectivity index is 1.68. The lowest BCUT2D eigenvalue weighted by atomic mass is 10.2. The Hall–Kier alpha value is -1.29. The summed E-state index contributed by atoms with van der Waals surface area (Å²) in [6, 6.07) is 2.04. The fourth-order valence-corrected chi connectivity index (χ4v) is 2.21. The number of anilines is 2. The van der Waals surface area contributed by atoms with Crippen LogP contribution in [0.3, 0.4) is 0 Å². The molecule has 0 aliphatic carbocycles. The third-order valence-electron chi connectivity index (χ3n) is 3.21. The number of aromatic nitrogens is 1. The van der Waals surface area contributed by atoms with E-state index in [1.54, 1.807) is 0 Å². The van der Waals surface area contributed by atoms with Crippen molar-refractivity contribution in [1.29, 1.82) is 0 Å². The molecule has 2 N–H and O–H groups in total. The molecule has 0 aromatic carbocycles. The Kier molecular flexibility index (Phi) is 4.62. The molecule has 1 aromatic heterocycles. The van der Waals surface area contributed by atoms with Gasteiger partial charge in [-0.05, 0) is 32.5 Å². The number of nitrogens with one attached hydrogen (secondary N) is 2. The quantitative estimate of drug-likeness (QED) is 0.708. The predicted octanol–water partition coefficient (Wildman–Crippen LogP) is 2.05. The Bertz CT molecular complexity index is 340. The lowest BCUT2D eigenvalue weighted by Crippen LogP contribution is -2.23. The van der Waals surface area contributed by atoms with E-state index in [1.807, 2.05) is 25.5 Å². The number of unbranched alkanes of at least 4 members (excludes halogenated alkanes) is 3. The number of fused-ring (bicyclic) bond motifs is 1. The second-order valence-electron chi connectivity index (χ2n) is 4.51. The third-order valence-corrected chi connectivity index (χ3v) is 3.21. The normalized spacial score (nSPS) is 13.6. The molecular formula is C13H22N4. The lowest BCUT2D eigenvalue weighted by Gasteiger charge is -2.17. The van der Waals surface area contributed by atoms with Gasteiger partial charge in [0.1, 0.15) is 0 Å². The van der Waals surface area contributed by atoms with Gasteiger partial charge in [0.05, 0.1) is 24.2 Å². The van der Waals surface area contributed by atoms with Crippen molar-refractivity contribution < 1.29 is 0 Å². The highest BCUT2D eigenvalue weighted by Crippen LogP contribution is 2.29. The Labute approximate surface area is 103 Å². The zero-order valence-electron chi connectivity index (χ0n) is 10.6. The minimum atomic E-state index is 0.928. The molecule has 1 aliphatic rings. The van der Waals surface area contributed by atoms with Gasteiger partial charge in [0.2, 0.25) is 0 Å². The summed E-state index contributed by atoms with van der Waals surface area (Å²) < 4.78 is 0. The van der Waals surface area contributed by atoms with Crippen molar-refractivity contribution in [1.82, 2.24) is 10.3 Å². The first-order valence-electron chi connectivity index (χ1n) is 6.49. The molecular weight excluding hydrogens is 212 g/mol. The van der Waals surface area contributed by atoms with Crippen molar-refractivity contribution in [3.63, 3.8) is 0 Å². The van der Waals surface area contributed by atoms with Crippen LogP contribution in [0, 0.1) is 0 Å². The van der Waals surface area contributed by atoms with Crippen molar-refractivity contribution in [2.45, 2.75) is 25.7 Å². The maximum atomic E-state index is 4.19. The van der Waals surface area contributed by atoms with Crippen LogP contribution in [0.1, 0.15) is 25.7 Å². The number of nitrogens with zero attached hydrogens (tertiary/aromatic N) is 2. The van der Waals surface area contributed by atoms with Gasteiger partial charge in [-0.25, -0.2) is 0 Å². The average Bonchev–Trinajstić information content (AvgIpc) is 2.77. The van der Waals surface area contributed by atoms with E-state index in [0.29, 0.717) is 0 Å². The number of pyridine rings is 1. The molecule has 1 aromatic rings. The van der Waals surface area contributed by atoms with Crippen LogP contribution in [0.5, 0.6) is 0 Å². The summed E-state index contributed by atoms with van der Waals surface area (Å²) in [6.07, 6.45) is 8.98. The van der Waals surface area contributed by atoms with Gasteiger partial charge >= 0.3 is 0 Å². The van der Waals surface area contributed by atoms with E-state index in [2.05, 4.69) is 20.5 Å². The Morgan fingerprint density at radius 3 is 3.12 bits per heavy atom. The van der Waals surface area contributed by atoms with Gasteiger partial charge in [-0.15, -0.1) is 0 Å². The summed E-state index contributed by atoms with van der Waals surface area (Å²) in [5, 5.41) is 6.57. The van der Waals surface area contributed by atoms with Crippen LogP contribution in [-0.4, -0.2) is 31.8 Å². The molecule has 0 fully saturated rings. The van der Waals surface area contributed by atoms with Crippen LogP contribution >= 0.6 is 0 Å². The van der Waals surface area contributed by atoms with Crippen molar-refractivity contribution >= 4 is 11.4 Å². The SMILES string of the molecule is CNCCCCCCN1CNc2ccncc21. The number of hydrogen-bond acceptors (Lipinski definition) is 4. The molecule has 0 radical (unpaired) electrons. The van der Waals surface area contributed by atoms with E-state index in [0.717, 1.165) is 19.8 Å². The molecule has 2 rings (SSSR count). The highest BCUT2D eigenvalue weighted by atomic mass is 15.3. The summed E-state index contributed by atoms with van der Waals surface area (Å²) >= 11 is 0. The molecule has 4 heteroatoms.